The average molecular weight is 267 g/mol. The second kappa shape index (κ2) is 7.54. The molecule has 20 heavy (non-hydrogen) atoms. The molecule has 0 aliphatic heterocycles. The van der Waals surface area contributed by atoms with Crippen LogP contribution in [0.25, 0.3) is 17.0 Å². The first-order chi connectivity index (χ1) is 9.67. The van der Waals surface area contributed by atoms with Crippen molar-refractivity contribution >= 4 is 17.0 Å². The van der Waals surface area contributed by atoms with Crippen LogP contribution in [0.3, 0.4) is 0 Å². The van der Waals surface area contributed by atoms with Crippen molar-refractivity contribution < 1.29 is 0 Å². The lowest BCUT2D eigenvalue weighted by Crippen LogP contribution is -1.85. The molecule has 1 aromatic heterocycles. The van der Waals surface area contributed by atoms with Gasteiger partial charge in [-0.25, -0.2) is 0 Å². The maximum absolute atomic E-state index is 3.99. The molecule has 1 nitrogen and oxygen atoms in total. The molecule has 0 unspecified atom stereocenters. The van der Waals surface area contributed by atoms with Gasteiger partial charge in [-0.3, -0.25) is 0 Å². The van der Waals surface area contributed by atoms with Gasteiger partial charge in [-0.05, 0) is 36.6 Å². The summed E-state index contributed by atoms with van der Waals surface area (Å²) in [4.78, 5) is 3.48. The minimum Gasteiger partial charge on any atom is -0.358 e. The number of rotatable bonds is 4. The maximum atomic E-state index is 3.99. The fourth-order valence-corrected chi connectivity index (χ4v) is 2.13. The first-order valence-electron chi connectivity index (χ1n) is 7.27. The molecule has 0 aliphatic rings. The molecule has 0 radical (unpaired) electrons. The summed E-state index contributed by atoms with van der Waals surface area (Å²) in [5.41, 5.74) is 5.87. The van der Waals surface area contributed by atoms with E-state index in [0.717, 1.165) is 17.6 Å². The van der Waals surface area contributed by atoms with Crippen molar-refractivity contribution in [3.63, 3.8) is 0 Å². The second-order valence-electron chi connectivity index (χ2n) is 4.47. The molecular formula is C19H25N. The number of aromatic nitrogens is 1. The minimum atomic E-state index is 0.974. The van der Waals surface area contributed by atoms with Crippen molar-refractivity contribution in [2.75, 3.05) is 0 Å². The summed E-state index contributed by atoms with van der Waals surface area (Å²) in [6.07, 6.45) is 4.99. The average Bonchev–Trinajstić information content (AvgIpc) is 2.86. The summed E-state index contributed by atoms with van der Waals surface area (Å²) in [6.45, 7) is 16.0. The van der Waals surface area contributed by atoms with Gasteiger partial charge in [0.15, 0.2) is 0 Å². The van der Waals surface area contributed by atoms with Gasteiger partial charge in [0.1, 0.15) is 0 Å². The van der Waals surface area contributed by atoms with Crippen LogP contribution in [0.2, 0.25) is 0 Å². The second-order valence-corrected chi connectivity index (χ2v) is 4.47. The zero-order valence-corrected chi connectivity index (χ0v) is 13.1. The van der Waals surface area contributed by atoms with Crippen molar-refractivity contribution in [2.24, 2.45) is 0 Å². The predicted molar refractivity (Wildman–Crippen MR) is 92.0 cm³/mol. The van der Waals surface area contributed by atoms with Crippen LogP contribution >= 0.6 is 0 Å². The molecule has 1 heteroatoms. The first kappa shape index (κ1) is 16.0. The summed E-state index contributed by atoms with van der Waals surface area (Å²) < 4.78 is 0. The number of aryl methyl sites for hydroxylation is 1. The van der Waals surface area contributed by atoms with Crippen LogP contribution in [-0.4, -0.2) is 4.98 Å². The van der Waals surface area contributed by atoms with E-state index in [9.17, 15) is 0 Å². The molecule has 1 heterocycles. The molecule has 0 bridgehead atoms. The van der Waals surface area contributed by atoms with E-state index in [1.807, 2.05) is 13.8 Å². The molecule has 2 rings (SSSR count). The Kier molecular flexibility index (Phi) is 6.05. The first-order valence-corrected chi connectivity index (χ1v) is 7.27. The molecule has 1 N–H and O–H groups in total. The van der Waals surface area contributed by atoms with E-state index < -0.39 is 0 Å². The highest BCUT2D eigenvalue weighted by Crippen LogP contribution is 2.26. The third-order valence-corrected chi connectivity index (χ3v) is 3.30. The van der Waals surface area contributed by atoms with Crippen LogP contribution in [0.5, 0.6) is 0 Å². The fourth-order valence-electron chi connectivity index (χ4n) is 2.13. The monoisotopic (exact) mass is 267 g/mol. The van der Waals surface area contributed by atoms with Crippen LogP contribution in [-0.2, 0) is 6.42 Å². The molecule has 2 aromatic rings. The topological polar surface area (TPSA) is 15.8 Å². The van der Waals surface area contributed by atoms with E-state index in [2.05, 4.69) is 62.3 Å². The molecule has 106 valence electrons. The number of H-pyrrole nitrogens is 1. The highest BCUT2D eigenvalue weighted by Gasteiger charge is 2.07. The van der Waals surface area contributed by atoms with E-state index in [0.29, 0.717) is 0 Å². The predicted octanol–water partition coefficient (Wildman–Crippen LogP) is 5.90. The number of hydrogen-bond acceptors (Lipinski definition) is 0. The largest absolute Gasteiger partial charge is 0.358 e. The number of nitrogens with one attached hydrogen (secondary N) is 1. The zero-order valence-electron chi connectivity index (χ0n) is 13.1. The van der Waals surface area contributed by atoms with Gasteiger partial charge in [0, 0.05) is 22.2 Å². The zero-order chi connectivity index (χ0) is 15.1. The van der Waals surface area contributed by atoms with Crippen molar-refractivity contribution in [2.45, 2.75) is 34.1 Å². The summed E-state index contributed by atoms with van der Waals surface area (Å²) >= 11 is 0. The van der Waals surface area contributed by atoms with Gasteiger partial charge in [-0.15, -0.1) is 0 Å². The Balaban J connectivity index is 0.000000956. The van der Waals surface area contributed by atoms with Gasteiger partial charge in [0.25, 0.3) is 0 Å². The van der Waals surface area contributed by atoms with Crippen molar-refractivity contribution in [3.8, 4) is 0 Å². The minimum absolute atomic E-state index is 0.974. The molecule has 1 aromatic carbocycles. The van der Waals surface area contributed by atoms with Gasteiger partial charge in [-0.1, -0.05) is 58.2 Å². The van der Waals surface area contributed by atoms with Crippen molar-refractivity contribution in [3.05, 3.63) is 65.9 Å². The molecule has 0 atom stereocenters. The number of aromatic amines is 1. The Morgan fingerprint density at radius 3 is 2.50 bits per heavy atom. The lowest BCUT2D eigenvalue weighted by atomic mass is 10.0. The van der Waals surface area contributed by atoms with Crippen molar-refractivity contribution in [1.29, 1.82) is 0 Å². The van der Waals surface area contributed by atoms with E-state index in [-0.39, 0.29) is 0 Å². The Hall–Kier alpha value is -2.02. The van der Waals surface area contributed by atoms with Gasteiger partial charge in [0.2, 0.25) is 0 Å². The van der Waals surface area contributed by atoms with Gasteiger partial charge >= 0.3 is 0 Å². The molecule has 0 spiro atoms. The van der Waals surface area contributed by atoms with Gasteiger partial charge < -0.3 is 4.98 Å². The molecule has 0 aliphatic carbocycles. The quantitative estimate of drug-likeness (QED) is 0.663. The number of hydrogen-bond donors (Lipinski definition) is 1. The van der Waals surface area contributed by atoms with Crippen LogP contribution in [0, 0.1) is 0 Å². The highest BCUT2D eigenvalue weighted by molar-refractivity contribution is 5.91. The van der Waals surface area contributed by atoms with Crippen LogP contribution in [0.4, 0.5) is 0 Å². The summed E-state index contributed by atoms with van der Waals surface area (Å²) in [5.74, 6) is 0. The normalized spacial score (nSPS) is 10.9. The Bertz CT molecular complexity index is 626. The fraction of sp³-hybridized carbons (Fsp3) is 0.263. The summed E-state index contributed by atoms with van der Waals surface area (Å²) in [5, 5.41) is 1.27. The number of para-hydroxylation sites is 1. The van der Waals surface area contributed by atoms with E-state index in [1.54, 1.807) is 6.08 Å². The van der Waals surface area contributed by atoms with Crippen LogP contribution in [0.1, 0.15) is 39.0 Å². The molecule has 0 saturated heterocycles. The molecule has 0 saturated carbocycles. The Labute approximate surface area is 122 Å². The van der Waals surface area contributed by atoms with Gasteiger partial charge in [-0.2, -0.15) is 0 Å². The molecular weight excluding hydrogens is 242 g/mol. The molecule has 0 amide bonds. The Morgan fingerprint density at radius 2 is 1.90 bits per heavy atom. The third kappa shape index (κ3) is 3.30. The van der Waals surface area contributed by atoms with E-state index >= 15 is 0 Å². The highest BCUT2D eigenvalue weighted by atomic mass is 14.7. The third-order valence-electron chi connectivity index (χ3n) is 3.30. The van der Waals surface area contributed by atoms with Crippen molar-refractivity contribution in [1.82, 2.24) is 4.98 Å². The number of allylic oxidation sites excluding steroid dienone is 3. The lowest BCUT2D eigenvalue weighted by Gasteiger charge is -2.02. The smallest absolute Gasteiger partial charge is 0.0462 e. The number of fused-ring (bicyclic) bond motifs is 1. The summed E-state index contributed by atoms with van der Waals surface area (Å²) in [6, 6.07) is 8.40. The standard InChI is InChI=1S/C17H19N.C2H6/c1-5-12(3)13(4)11-15-14-9-7-8-10-17(14)18-16(15)6-2;1-2/h5,7-11,18H,1,3,6H2,2,4H3;1-2H3/b13-11+;. The SMILES string of the molecule is C=CC(=C)/C(C)=C/c1c(CC)[nH]c2ccccc12.CC. The van der Waals surface area contributed by atoms with E-state index in [4.69, 9.17) is 0 Å². The maximum Gasteiger partial charge on any atom is 0.0462 e. The number of benzene rings is 1. The van der Waals surface area contributed by atoms with Crippen LogP contribution in [0.15, 0.2) is 54.6 Å². The van der Waals surface area contributed by atoms with E-state index in [1.165, 1.54) is 22.2 Å². The Morgan fingerprint density at radius 1 is 1.25 bits per heavy atom. The van der Waals surface area contributed by atoms with Crippen LogP contribution < -0.4 is 0 Å². The summed E-state index contributed by atoms with van der Waals surface area (Å²) in [7, 11) is 0. The van der Waals surface area contributed by atoms with Gasteiger partial charge in [0.05, 0.1) is 0 Å². The lowest BCUT2D eigenvalue weighted by molar-refractivity contribution is 1.07. The molecule has 0 fully saturated rings.